The number of hydrogen-bond acceptors (Lipinski definition) is 7. The average Bonchev–Trinajstić information content (AvgIpc) is 3.38. The Kier molecular flexibility index (Phi) is 6.06. The van der Waals surface area contributed by atoms with Crippen molar-refractivity contribution in [3.8, 4) is 0 Å². The Balaban J connectivity index is 1.33. The second kappa shape index (κ2) is 8.87. The third-order valence-corrected chi connectivity index (χ3v) is 5.98. The van der Waals surface area contributed by atoms with Gasteiger partial charge in [-0.05, 0) is 41.5 Å². The molecule has 4 rings (SSSR count). The number of carbonyl (C=O) groups excluding carboxylic acids is 1. The van der Waals surface area contributed by atoms with Gasteiger partial charge >= 0.3 is 0 Å². The van der Waals surface area contributed by atoms with Crippen LogP contribution >= 0.6 is 11.8 Å². The van der Waals surface area contributed by atoms with E-state index in [0.717, 1.165) is 12.8 Å². The molecule has 0 bridgehead atoms. The van der Waals surface area contributed by atoms with Crippen LogP contribution in [0.2, 0.25) is 0 Å². The van der Waals surface area contributed by atoms with Gasteiger partial charge in [-0.2, -0.15) is 0 Å². The molecule has 0 spiro atoms. The summed E-state index contributed by atoms with van der Waals surface area (Å²) >= 11 is 1.30. The lowest BCUT2D eigenvalue weighted by molar-refractivity contribution is -0.113. The minimum absolute atomic E-state index is 0.167. The van der Waals surface area contributed by atoms with Crippen molar-refractivity contribution in [1.82, 2.24) is 20.2 Å². The second-order valence-corrected chi connectivity index (χ2v) is 7.89. The summed E-state index contributed by atoms with van der Waals surface area (Å²) < 4.78 is 21.6. The van der Waals surface area contributed by atoms with Crippen molar-refractivity contribution in [3.63, 3.8) is 0 Å². The van der Waals surface area contributed by atoms with Crippen molar-refractivity contribution in [3.05, 3.63) is 24.0 Å². The van der Waals surface area contributed by atoms with Crippen molar-refractivity contribution in [2.45, 2.75) is 36.9 Å². The van der Waals surface area contributed by atoms with Gasteiger partial charge < -0.3 is 15.0 Å². The van der Waals surface area contributed by atoms with Gasteiger partial charge in [-0.1, -0.05) is 24.6 Å². The minimum Gasteiger partial charge on any atom is -0.378 e. The van der Waals surface area contributed by atoms with Gasteiger partial charge in [0.1, 0.15) is 5.82 Å². The number of amides is 1. The smallest absolute Gasteiger partial charge is 0.234 e. The predicted molar refractivity (Wildman–Crippen MR) is 104 cm³/mol. The largest absolute Gasteiger partial charge is 0.378 e. The van der Waals surface area contributed by atoms with Crippen molar-refractivity contribution in [2.75, 3.05) is 42.3 Å². The lowest BCUT2D eigenvalue weighted by Crippen LogP contribution is -2.36. The van der Waals surface area contributed by atoms with Crippen molar-refractivity contribution < 1.29 is 13.9 Å². The molecule has 0 radical (unpaired) electrons. The molecule has 1 aromatic heterocycles. The molecule has 1 amide bonds. The van der Waals surface area contributed by atoms with E-state index in [9.17, 15) is 9.18 Å². The average molecular weight is 406 g/mol. The van der Waals surface area contributed by atoms with Gasteiger partial charge in [0, 0.05) is 18.8 Å². The number of thioether (sulfide) groups is 1. The summed E-state index contributed by atoms with van der Waals surface area (Å²) in [5.41, 5.74) is 0.974. The van der Waals surface area contributed by atoms with Crippen molar-refractivity contribution in [1.29, 1.82) is 0 Å². The van der Waals surface area contributed by atoms with Gasteiger partial charge in [0.25, 0.3) is 0 Å². The van der Waals surface area contributed by atoms with E-state index in [1.807, 2.05) is 9.58 Å². The summed E-state index contributed by atoms with van der Waals surface area (Å²) in [5, 5.41) is 15.2. The van der Waals surface area contributed by atoms with Gasteiger partial charge in [0.2, 0.25) is 11.1 Å². The number of nitrogens with zero attached hydrogens (tertiary/aromatic N) is 5. The van der Waals surface area contributed by atoms with E-state index < -0.39 is 0 Å². The van der Waals surface area contributed by atoms with Crippen molar-refractivity contribution >= 4 is 29.0 Å². The molecule has 2 fully saturated rings. The number of halogens is 1. The Bertz CT molecular complexity index is 820. The number of ether oxygens (including phenoxy) is 1. The van der Waals surface area contributed by atoms with E-state index in [1.165, 1.54) is 30.7 Å². The first-order valence-electron chi connectivity index (χ1n) is 9.53. The lowest BCUT2D eigenvalue weighted by atomic mass is 10.2. The molecule has 0 unspecified atom stereocenters. The monoisotopic (exact) mass is 406 g/mol. The Hall–Kier alpha value is -2.20. The predicted octanol–water partition coefficient (Wildman–Crippen LogP) is 2.49. The lowest BCUT2D eigenvalue weighted by Gasteiger charge is -2.29. The van der Waals surface area contributed by atoms with Crippen molar-refractivity contribution in [2.24, 2.45) is 0 Å². The molecule has 8 nitrogen and oxygen atoms in total. The van der Waals surface area contributed by atoms with Crippen LogP contribution in [0, 0.1) is 5.82 Å². The zero-order valence-electron chi connectivity index (χ0n) is 15.5. The molecule has 2 aromatic rings. The summed E-state index contributed by atoms with van der Waals surface area (Å²) in [4.78, 5) is 14.2. The maximum absolute atomic E-state index is 14.5. The van der Waals surface area contributed by atoms with Gasteiger partial charge in [0.05, 0.1) is 30.7 Å². The number of benzene rings is 1. The SMILES string of the molecule is O=C(CSc1nnnn1C1CCCC1)Nc1ccc(N2CCOCC2)c(F)c1. The molecule has 1 saturated heterocycles. The number of aromatic nitrogens is 4. The highest BCUT2D eigenvalue weighted by Crippen LogP contribution is 2.31. The summed E-state index contributed by atoms with van der Waals surface area (Å²) in [5.74, 6) is -0.401. The number of hydrogen-bond donors (Lipinski definition) is 1. The normalized spacial score (nSPS) is 17.8. The number of morpholine rings is 1. The highest BCUT2D eigenvalue weighted by molar-refractivity contribution is 7.99. The molecule has 1 aliphatic heterocycles. The molecule has 2 aliphatic rings. The van der Waals surface area contributed by atoms with Crippen LogP contribution in [0.1, 0.15) is 31.7 Å². The topological polar surface area (TPSA) is 85.2 Å². The molecular formula is C18H23FN6O2S. The molecule has 1 saturated carbocycles. The maximum Gasteiger partial charge on any atom is 0.234 e. The number of tetrazole rings is 1. The summed E-state index contributed by atoms with van der Waals surface area (Å²) in [7, 11) is 0. The van der Waals surface area contributed by atoms with Gasteiger partial charge in [0.15, 0.2) is 0 Å². The first kappa shape index (κ1) is 19.1. The van der Waals surface area contributed by atoms with Gasteiger partial charge in [-0.25, -0.2) is 9.07 Å². The van der Waals surface area contributed by atoms with Crippen LogP contribution in [0.25, 0.3) is 0 Å². The fraction of sp³-hybridized carbons (Fsp3) is 0.556. The van der Waals surface area contributed by atoms with Crippen LogP contribution in [0.5, 0.6) is 0 Å². The Morgan fingerprint density at radius 2 is 2.07 bits per heavy atom. The first-order valence-corrected chi connectivity index (χ1v) is 10.5. The number of anilines is 2. The molecule has 0 atom stereocenters. The van der Waals surface area contributed by atoms with Crippen LogP contribution in [-0.4, -0.2) is 58.2 Å². The highest BCUT2D eigenvalue weighted by atomic mass is 32.2. The molecule has 1 aromatic carbocycles. The summed E-state index contributed by atoms with van der Waals surface area (Å²) in [6.07, 6.45) is 4.50. The number of carbonyl (C=O) groups is 1. The zero-order valence-corrected chi connectivity index (χ0v) is 16.3. The fourth-order valence-corrected chi connectivity index (χ4v) is 4.38. The summed E-state index contributed by atoms with van der Waals surface area (Å²) in [6, 6.07) is 5.10. The zero-order chi connectivity index (χ0) is 19.3. The third kappa shape index (κ3) is 4.44. The molecule has 10 heteroatoms. The quantitative estimate of drug-likeness (QED) is 0.738. The van der Waals surface area contributed by atoms with Crippen LogP contribution in [0.15, 0.2) is 23.4 Å². The van der Waals surface area contributed by atoms with Crippen LogP contribution < -0.4 is 10.2 Å². The number of rotatable bonds is 6. The van der Waals surface area contributed by atoms with E-state index in [4.69, 9.17) is 4.74 Å². The first-order chi connectivity index (χ1) is 13.7. The molecule has 1 aliphatic carbocycles. The van der Waals surface area contributed by atoms with Gasteiger partial charge in [-0.15, -0.1) is 5.10 Å². The molecule has 2 heterocycles. The standard InChI is InChI=1S/C18H23FN6O2S/c19-15-11-13(5-6-16(15)24-7-9-27-10-8-24)20-17(26)12-28-18-21-22-23-25(18)14-3-1-2-4-14/h5-6,11,14H,1-4,7-10,12H2,(H,20,26). The third-order valence-electron chi connectivity index (χ3n) is 5.05. The molecule has 150 valence electrons. The van der Waals surface area contributed by atoms with E-state index in [2.05, 4.69) is 20.8 Å². The maximum atomic E-state index is 14.5. The highest BCUT2D eigenvalue weighted by Gasteiger charge is 2.22. The fourth-order valence-electron chi connectivity index (χ4n) is 3.63. The molecule has 28 heavy (non-hydrogen) atoms. The second-order valence-electron chi connectivity index (χ2n) is 6.95. The summed E-state index contributed by atoms with van der Waals surface area (Å²) in [6.45, 7) is 2.51. The van der Waals surface area contributed by atoms with Crippen LogP contribution in [-0.2, 0) is 9.53 Å². The minimum atomic E-state index is -0.350. The molecular weight excluding hydrogens is 383 g/mol. The van der Waals surface area contributed by atoms with E-state index >= 15 is 0 Å². The van der Waals surface area contributed by atoms with Crippen LogP contribution in [0.4, 0.5) is 15.8 Å². The Morgan fingerprint density at radius 1 is 1.29 bits per heavy atom. The number of nitrogens with one attached hydrogen (secondary N) is 1. The van der Waals surface area contributed by atoms with E-state index in [0.29, 0.717) is 48.9 Å². The van der Waals surface area contributed by atoms with Gasteiger partial charge in [-0.3, -0.25) is 4.79 Å². The van der Waals surface area contributed by atoms with E-state index in [1.54, 1.807) is 12.1 Å². The van der Waals surface area contributed by atoms with E-state index in [-0.39, 0.29) is 17.5 Å². The van der Waals surface area contributed by atoms with Crippen LogP contribution in [0.3, 0.4) is 0 Å². The Labute approximate surface area is 166 Å². The molecule has 1 N–H and O–H groups in total. The Morgan fingerprint density at radius 3 is 2.82 bits per heavy atom.